The molecule has 6 nitrogen and oxygen atoms in total. The first-order chi connectivity index (χ1) is 9.93. The van der Waals surface area contributed by atoms with Crippen molar-refractivity contribution >= 4 is 10.0 Å². The Hall–Kier alpha value is -0.920. The second-order valence-corrected chi connectivity index (χ2v) is 7.65. The predicted molar refractivity (Wildman–Crippen MR) is 82.4 cm³/mol. The molecule has 2 unspecified atom stereocenters. The van der Waals surface area contributed by atoms with Crippen LogP contribution in [0.25, 0.3) is 0 Å². The fraction of sp³-hybridized carbons (Fsp3) is 0.786. The summed E-state index contributed by atoms with van der Waals surface area (Å²) in [5, 5.41) is 6.80. The Kier molecular flexibility index (Phi) is 5.06. The van der Waals surface area contributed by atoms with Crippen LogP contribution in [0.15, 0.2) is 4.90 Å². The summed E-state index contributed by atoms with van der Waals surface area (Å²) in [6.07, 6.45) is 4.11. The molecule has 1 heterocycles. The second-order valence-electron chi connectivity index (χ2n) is 5.82. The third-order valence-electron chi connectivity index (χ3n) is 4.48. The van der Waals surface area contributed by atoms with Crippen molar-refractivity contribution < 1.29 is 8.42 Å². The van der Waals surface area contributed by atoms with E-state index in [1.54, 1.807) is 18.2 Å². The standard InChI is InChI=1S/C14H26N4O2S/c1-4-18(13-8-6-5-7-12(13)9-15)21(19,20)14-10(2)16-17-11(14)3/h12-13H,4-9,15H2,1-3H3,(H,16,17). The van der Waals surface area contributed by atoms with E-state index in [0.717, 1.165) is 25.7 Å². The topological polar surface area (TPSA) is 92.1 Å². The van der Waals surface area contributed by atoms with Gasteiger partial charge in [0.15, 0.2) is 0 Å². The molecule has 0 spiro atoms. The molecular weight excluding hydrogens is 288 g/mol. The molecule has 3 N–H and O–H groups in total. The Labute approximate surface area is 127 Å². The molecule has 120 valence electrons. The van der Waals surface area contributed by atoms with Gasteiger partial charge < -0.3 is 5.73 Å². The molecule has 0 radical (unpaired) electrons. The van der Waals surface area contributed by atoms with Gasteiger partial charge in [0.05, 0.1) is 11.4 Å². The van der Waals surface area contributed by atoms with Crippen molar-refractivity contribution in [2.45, 2.75) is 57.4 Å². The van der Waals surface area contributed by atoms with Crippen LogP contribution >= 0.6 is 0 Å². The minimum atomic E-state index is -3.53. The first-order valence-electron chi connectivity index (χ1n) is 7.67. The number of hydrogen-bond donors (Lipinski definition) is 2. The number of nitrogens with zero attached hydrogens (tertiary/aromatic N) is 2. The Balaban J connectivity index is 2.40. The summed E-state index contributed by atoms with van der Waals surface area (Å²) in [6, 6.07) is 0.00690. The van der Waals surface area contributed by atoms with Crippen LogP contribution in [0, 0.1) is 19.8 Å². The highest BCUT2D eigenvalue weighted by Crippen LogP contribution is 2.32. The lowest BCUT2D eigenvalue weighted by atomic mass is 9.84. The van der Waals surface area contributed by atoms with Crippen molar-refractivity contribution in [2.75, 3.05) is 13.1 Å². The molecule has 7 heteroatoms. The zero-order chi connectivity index (χ0) is 15.6. The van der Waals surface area contributed by atoms with Gasteiger partial charge in [-0.25, -0.2) is 8.42 Å². The number of H-pyrrole nitrogens is 1. The molecule has 2 rings (SSSR count). The Morgan fingerprint density at radius 1 is 1.33 bits per heavy atom. The number of nitrogens with one attached hydrogen (secondary N) is 1. The summed E-state index contributed by atoms with van der Waals surface area (Å²) in [5.74, 6) is 0.251. The maximum Gasteiger partial charge on any atom is 0.246 e. The fourth-order valence-corrected chi connectivity index (χ4v) is 5.52. The lowest BCUT2D eigenvalue weighted by Crippen LogP contribution is -2.48. The van der Waals surface area contributed by atoms with Crippen molar-refractivity contribution in [1.82, 2.24) is 14.5 Å². The van der Waals surface area contributed by atoms with Crippen molar-refractivity contribution in [2.24, 2.45) is 11.7 Å². The zero-order valence-corrected chi connectivity index (χ0v) is 13.9. The molecule has 0 aromatic carbocycles. The first-order valence-corrected chi connectivity index (χ1v) is 9.11. The smallest absolute Gasteiger partial charge is 0.246 e. The van der Waals surface area contributed by atoms with Crippen molar-refractivity contribution in [3.05, 3.63) is 11.4 Å². The average molecular weight is 314 g/mol. The molecule has 0 aliphatic heterocycles. The van der Waals surface area contributed by atoms with Crippen LogP contribution in [0.4, 0.5) is 0 Å². The number of rotatable bonds is 5. The summed E-state index contributed by atoms with van der Waals surface area (Å²) < 4.78 is 27.7. The molecule has 1 fully saturated rings. The molecule has 1 saturated carbocycles. The predicted octanol–water partition coefficient (Wildman–Crippen LogP) is 1.55. The van der Waals surface area contributed by atoms with Crippen molar-refractivity contribution in [1.29, 1.82) is 0 Å². The number of sulfonamides is 1. The average Bonchev–Trinajstić information content (AvgIpc) is 2.79. The van der Waals surface area contributed by atoms with Gasteiger partial charge in [0, 0.05) is 12.6 Å². The zero-order valence-electron chi connectivity index (χ0n) is 13.1. The number of nitrogens with two attached hydrogens (primary N) is 1. The van der Waals surface area contributed by atoms with Crippen LogP contribution in [0.5, 0.6) is 0 Å². The number of aryl methyl sites for hydroxylation is 2. The van der Waals surface area contributed by atoms with Crippen molar-refractivity contribution in [3.8, 4) is 0 Å². The largest absolute Gasteiger partial charge is 0.330 e. The van der Waals surface area contributed by atoms with Crippen LogP contribution in [0.2, 0.25) is 0 Å². The van der Waals surface area contributed by atoms with E-state index in [2.05, 4.69) is 10.2 Å². The van der Waals surface area contributed by atoms with Crippen LogP contribution in [-0.4, -0.2) is 42.1 Å². The molecule has 1 aliphatic rings. The van der Waals surface area contributed by atoms with E-state index in [1.807, 2.05) is 6.92 Å². The molecule has 1 aromatic rings. The highest BCUT2D eigenvalue weighted by molar-refractivity contribution is 7.89. The molecular formula is C14H26N4O2S. The summed E-state index contributed by atoms with van der Waals surface area (Å²) in [6.45, 7) is 6.38. The lowest BCUT2D eigenvalue weighted by molar-refractivity contribution is 0.187. The summed E-state index contributed by atoms with van der Waals surface area (Å²) in [7, 11) is -3.53. The number of aromatic amines is 1. The monoisotopic (exact) mass is 314 g/mol. The van der Waals surface area contributed by atoms with E-state index < -0.39 is 10.0 Å². The Morgan fingerprint density at radius 3 is 2.52 bits per heavy atom. The quantitative estimate of drug-likeness (QED) is 0.862. The van der Waals surface area contributed by atoms with Gasteiger partial charge in [0.25, 0.3) is 0 Å². The van der Waals surface area contributed by atoms with Crippen LogP contribution in [-0.2, 0) is 10.0 Å². The molecule has 0 amide bonds. The molecule has 0 saturated heterocycles. The Bertz CT molecular complexity index is 562. The molecule has 2 atom stereocenters. The van der Waals surface area contributed by atoms with Gasteiger partial charge >= 0.3 is 0 Å². The van der Waals surface area contributed by atoms with Crippen LogP contribution in [0.3, 0.4) is 0 Å². The minimum Gasteiger partial charge on any atom is -0.330 e. The summed E-state index contributed by atoms with van der Waals surface area (Å²) >= 11 is 0. The van der Waals surface area contributed by atoms with Gasteiger partial charge in [0.2, 0.25) is 10.0 Å². The fourth-order valence-electron chi connectivity index (χ4n) is 3.46. The van der Waals surface area contributed by atoms with Crippen LogP contribution < -0.4 is 5.73 Å². The maximum atomic E-state index is 13.1. The third kappa shape index (κ3) is 3.00. The maximum absolute atomic E-state index is 13.1. The van der Waals surface area contributed by atoms with Gasteiger partial charge in [-0.1, -0.05) is 19.8 Å². The van der Waals surface area contributed by atoms with Gasteiger partial charge in [-0.2, -0.15) is 9.40 Å². The van der Waals surface area contributed by atoms with E-state index in [9.17, 15) is 8.42 Å². The lowest BCUT2D eigenvalue weighted by Gasteiger charge is -2.38. The van der Waals surface area contributed by atoms with E-state index in [4.69, 9.17) is 5.73 Å². The van der Waals surface area contributed by atoms with Crippen LogP contribution in [0.1, 0.15) is 44.0 Å². The van der Waals surface area contributed by atoms with E-state index in [-0.39, 0.29) is 12.0 Å². The van der Waals surface area contributed by atoms with Gasteiger partial charge in [-0.15, -0.1) is 0 Å². The second kappa shape index (κ2) is 6.46. The normalized spacial score (nSPS) is 23.7. The number of aromatic nitrogens is 2. The van der Waals surface area contributed by atoms with Gasteiger partial charge in [0.1, 0.15) is 4.90 Å². The molecule has 21 heavy (non-hydrogen) atoms. The first kappa shape index (κ1) is 16.5. The Morgan fingerprint density at radius 2 is 2.00 bits per heavy atom. The van der Waals surface area contributed by atoms with E-state index in [0.29, 0.717) is 29.4 Å². The molecule has 0 bridgehead atoms. The summed E-state index contributed by atoms with van der Waals surface area (Å²) in [4.78, 5) is 0.325. The van der Waals surface area contributed by atoms with Crippen molar-refractivity contribution in [3.63, 3.8) is 0 Å². The number of hydrogen-bond acceptors (Lipinski definition) is 4. The van der Waals surface area contributed by atoms with E-state index >= 15 is 0 Å². The minimum absolute atomic E-state index is 0.00690. The van der Waals surface area contributed by atoms with E-state index in [1.165, 1.54) is 0 Å². The molecule has 1 aliphatic carbocycles. The van der Waals surface area contributed by atoms with Gasteiger partial charge in [-0.3, -0.25) is 5.10 Å². The van der Waals surface area contributed by atoms with Gasteiger partial charge in [-0.05, 0) is 39.2 Å². The SMILES string of the molecule is CCN(C1CCCCC1CN)S(=O)(=O)c1c(C)n[nH]c1C. The molecule has 1 aromatic heterocycles. The third-order valence-corrected chi connectivity index (χ3v) is 6.74. The summed E-state index contributed by atoms with van der Waals surface area (Å²) in [5.41, 5.74) is 7.00. The highest BCUT2D eigenvalue weighted by Gasteiger charge is 2.38. The highest BCUT2D eigenvalue weighted by atomic mass is 32.2.